The number of hydrogen-bond acceptors (Lipinski definition) is 4. The summed E-state index contributed by atoms with van der Waals surface area (Å²) in [6, 6.07) is 1.73. The fourth-order valence-electron chi connectivity index (χ4n) is 1.72. The lowest BCUT2D eigenvalue weighted by atomic mass is 10.2. The lowest BCUT2D eigenvalue weighted by Crippen LogP contribution is -2.11. The summed E-state index contributed by atoms with van der Waals surface area (Å²) in [4.78, 5) is 12.3. The van der Waals surface area contributed by atoms with E-state index in [-0.39, 0.29) is 0 Å². The molecule has 0 amide bonds. The zero-order chi connectivity index (χ0) is 12.1. The van der Waals surface area contributed by atoms with E-state index in [0.29, 0.717) is 12.2 Å². The number of aromatic nitrogens is 4. The average molecular weight is 232 g/mol. The molecule has 0 aliphatic carbocycles. The second kappa shape index (κ2) is 5.54. The number of imidazole rings is 1. The summed E-state index contributed by atoms with van der Waals surface area (Å²) in [6.07, 6.45) is 7.72. The number of aliphatic hydroxyl groups is 1. The summed E-state index contributed by atoms with van der Waals surface area (Å²) in [5.41, 5.74) is 0. The molecule has 0 bridgehead atoms. The molecule has 1 unspecified atom stereocenters. The second-order valence-corrected chi connectivity index (χ2v) is 3.86. The van der Waals surface area contributed by atoms with Crippen LogP contribution in [-0.2, 0) is 13.0 Å². The SMILES string of the molecule is CCCn1ccnc1CC(O)c1ncccn1. The Labute approximate surface area is 100 Å². The molecular formula is C12H16N4O. The summed E-state index contributed by atoms with van der Waals surface area (Å²) < 4.78 is 2.05. The van der Waals surface area contributed by atoms with Crippen LogP contribution in [0.15, 0.2) is 30.9 Å². The Morgan fingerprint density at radius 3 is 2.71 bits per heavy atom. The Morgan fingerprint density at radius 2 is 2.00 bits per heavy atom. The third-order valence-electron chi connectivity index (χ3n) is 2.53. The van der Waals surface area contributed by atoms with Crippen LogP contribution in [0.5, 0.6) is 0 Å². The maximum atomic E-state index is 10.0. The molecule has 0 saturated carbocycles. The predicted molar refractivity (Wildman–Crippen MR) is 63.2 cm³/mol. The van der Waals surface area contributed by atoms with Crippen molar-refractivity contribution in [1.29, 1.82) is 0 Å². The Balaban J connectivity index is 2.08. The molecule has 2 aromatic heterocycles. The predicted octanol–water partition coefficient (Wildman–Crippen LogP) is 1.36. The minimum Gasteiger partial charge on any atom is -0.385 e. The zero-order valence-corrected chi connectivity index (χ0v) is 9.82. The van der Waals surface area contributed by atoms with E-state index in [1.165, 1.54) is 0 Å². The molecule has 1 N–H and O–H groups in total. The largest absolute Gasteiger partial charge is 0.385 e. The van der Waals surface area contributed by atoms with E-state index in [1.807, 2.05) is 10.8 Å². The van der Waals surface area contributed by atoms with E-state index < -0.39 is 6.10 Å². The van der Waals surface area contributed by atoms with E-state index in [9.17, 15) is 5.11 Å². The van der Waals surface area contributed by atoms with Gasteiger partial charge >= 0.3 is 0 Å². The molecule has 17 heavy (non-hydrogen) atoms. The number of rotatable bonds is 5. The fraction of sp³-hybridized carbons (Fsp3) is 0.417. The van der Waals surface area contributed by atoms with Crippen LogP contribution in [0, 0.1) is 0 Å². The number of aryl methyl sites for hydroxylation is 1. The van der Waals surface area contributed by atoms with Gasteiger partial charge < -0.3 is 9.67 Å². The molecule has 0 aliphatic heterocycles. The van der Waals surface area contributed by atoms with E-state index in [0.717, 1.165) is 18.8 Å². The molecule has 1 atom stereocenters. The van der Waals surface area contributed by atoms with Crippen molar-refractivity contribution in [3.8, 4) is 0 Å². The first-order valence-electron chi connectivity index (χ1n) is 5.76. The van der Waals surface area contributed by atoms with Gasteiger partial charge in [-0.1, -0.05) is 6.92 Å². The molecule has 2 aromatic rings. The van der Waals surface area contributed by atoms with Gasteiger partial charge in [-0.2, -0.15) is 0 Å². The Bertz CT molecular complexity index is 455. The minimum absolute atomic E-state index is 0.441. The molecule has 5 nitrogen and oxygen atoms in total. The van der Waals surface area contributed by atoms with Gasteiger partial charge in [0.15, 0.2) is 5.82 Å². The van der Waals surface area contributed by atoms with E-state index >= 15 is 0 Å². The maximum absolute atomic E-state index is 10.0. The first-order valence-corrected chi connectivity index (χ1v) is 5.76. The highest BCUT2D eigenvalue weighted by molar-refractivity contribution is 5.00. The summed E-state index contributed by atoms with van der Waals surface area (Å²) in [7, 11) is 0. The van der Waals surface area contributed by atoms with Crippen LogP contribution < -0.4 is 0 Å². The molecule has 0 aromatic carbocycles. The standard InChI is InChI=1S/C12H16N4O/c1-2-7-16-8-6-13-11(16)9-10(17)12-14-4-3-5-15-12/h3-6,8,10,17H,2,7,9H2,1H3. The summed E-state index contributed by atoms with van der Waals surface area (Å²) >= 11 is 0. The molecular weight excluding hydrogens is 216 g/mol. The Morgan fingerprint density at radius 1 is 1.24 bits per heavy atom. The van der Waals surface area contributed by atoms with Crippen LogP contribution in [0.2, 0.25) is 0 Å². The number of hydrogen-bond donors (Lipinski definition) is 1. The Kier molecular flexibility index (Phi) is 3.82. The summed E-state index contributed by atoms with van der Waals surface area (Å²) in [5, 5.41) is 10.0. The first kappa shape index (κ1) is 11.7. The lowest BCUT2D eigenvalue weighted by Gasteiger charge is -2.10. The van der Waals surface area contributed by atoms with E-state index in [4.69, 9.17) is 0 Å². The zero-order valence-electron chi connectivity index (χ0n) is 9.82. The van der Waals surface area contributed by atoms with Gasteiger partial charge in [-0.15, -0.1) is 0 Å². The molecule has 90 valence electrons. The topological polar surface area (TPSA) is 63.8 Å². The summed E-state index contributed by atoms with van der Waals surface area (Å²) in [5.74, 6) is 1.31. The van der Waals surface area contributed by atoms with E-state index in [2.05, 4.69) is 21.9 Å². The van der Waals surface area contributed by atoms with Gasteiger partial charge in [0.05, 0.1) is 0 Å². The molecule has 2 heterocycles. The molecule has 0 aliphatic rings. The molecule has 0 spiro atoms. The van der Waals surface area contributed by atoms with Crippen LogP contribution in [0.3, 0.4) is 0 Å². The van der Waals surface area contributed by atoms with Crippen molar-refractivity contribution >= 4 is 0 Å². The van der Waals surface area contributed by atoms with Gasteiger partial charge in [0.25, 0.3) is 0 Å². The fourth-order valence-corrected chi connectivity index (χ4v) is 1.72. The first-order chi connectivity index (χ1) is 8.31. The van der Waals surface area contributed by atoms with Crippen molar-refractivity contribution in [3.63, 3.8) is 0 Å². The second-order valence-electron chi connectivity index (χ2n) is 3.86. The van der Waals surface area contributed by atoms with Gasteiger partial charge in [-0.3, -0.25) is 0 Å². The maximum Gasteiger partial charge on any atom is 0.157 e. The molecule has 0 saturated heterocycles. The van der Waals surface area contributed by atoms with Crippen LogP contribution in [0.4, 0.5) is 0 Å². The van der Waals surface area contributed by atoms with Crippen LogP contribution in [0.25, 0.3) is 0 Å². The summed E-state index contributed by atoms with van der Waals surface area (Å²) in [6.45, 7) is 3.03. The minimum atomic E-state index is -0.700. The molecule has 5 heteroatoms. The van der Waals surface area contributed by atoms with E-state index in [1.54, 1.807) is 24.7 Å². The Hall–Kier alpha value is -1.75. The molecule has 0 radical (unpaired) electrons. The highest BCUT2D eigenvalue weighted by Crippen LogP contribution is 2.13. The van der Waals surface area contributed by atoms with Crippen molar-refractivity contribution in [2.24, 2.45) is 0 Å². The van der Waals surface area contributed by atoms with Gasteiger partial charge in [0.2, 0.25) is 0 Å². The highest BCUT2D eigenvalue weighted by atomic mass is 16.3. The van der Waals surface area contributed by atoms with Crippen molar-refractivity contribution in [3.05, 3.63) is 42.5 Å². The normalized spacial score (nSPS) is 12.6. The van der Waals surface area contributed by atoms with Crippen molar-refractivity contribution in [2.75, 3.05) is 0 Å². The molecule has 2 rings (SSSR count). The van der Waals surface area contributed by atoms with Crippen LogP contribution in [-0.4, -0.2) is 24.6 Å². The van der Waals surface area contributed by atoms with Gasteiger partial charge in [-0.25, -0.2) is 15.0 Å². The smallest absolute Gasteiger partial charge is 0.157 e. The van der Waals surface area contributed by atoms with Gasteiger partial charge in [-0.05, 0) is 12.5 Å². The third-order valence-corrected chi connectivity index (χ3v) is 2.53. The third kappa shape index (κ3) is 2.88. The number of aliphatic hydroxyl groups excluding tert-OH is 1. The highest BCUT2D eigenvalue weighted by Gasteiger charge is 2.14. The lowest BCUT2D eigenvalue weighted by molar-refractivity contribution is 0.164. The van der Waals surface area contributed by atoms with Crippen molar-refractivity contribution in [2.45, 2.75) is 32.4 Å². The quantitative estimate of drug-likeness (QED) is 0.845. The van der Waals surface area contributed by atoms with Crippen molar-refractivity contribution < 1.29 is 5.11 Å². The van der Waals surface area contributed by atoms with Crippen molar-refractivity contribution in [1.82, 2.24) is 19.5 Å². The monoisotopic (exact) mass is 232 g/mol. The number of nitrogens with zero attached hydrogens (tertiary/aromatic N) is 4. The van der Waals surface area contributed by atoms with Crippen LogP contribution in [0.1, 0.15) is 31.1 Å². The van der Waals surface area contributed by atoms with Gasteiger partial charge in [0, 0.05) is 37.8 Å². The van der Waals surface area contributed by atoms with Gasteiger partial charge in [0.1, 0.15) is 11.9 Å². The average Bonchev–Trinajstić information content (AvgIpc) is 2.78. The molecule has 0 fully saturated rings. The van der Waals surface area contributed by atoms with Crippen LogP contribution >= 0.6 is 0 Å².